The average molecular weight is 447 g/mol. The third-order valence-corrected chi connectivity index (χ3v) is 5.72. The second-order valence-corrected chi connectivity index (χ2v) is 8.01. The number of rotatable bonds is 8. The van der Waals surface area contributed by atoms with Crippen LogP contribution >= 0.6 is 0 Å². The van der Waals surface area contributed by atoms with Crippen molar-refractivity contribution in [2.75, 3.05) is 39.8 Å². The maximum absolute atomic E-state index is 12.6. The van der Waals surface area contributed by atoms with Gasteiger partial charge in [0.25, 0.3) is 0 Å². The lowest BCUT2D eigenvalue weighted by Crippen LogP contribution is -2.51. The Hall–Kier alpha value is -3.58. The van der Waals surface area contributed by atoms with Gasteiger partial charge in [0.2, 0.25) is 5.88 Å². The van der Waals surface area contributed by atoms with Crippen LogP contribution in [0.3, 0.4) is 0 Å². The van der Waals surface area contributed by atoms with E-state index in [-0.39, 0.29) is 6.03 Å². The topological polar surface area (TPSA) is 66.9 Å². The van der Waals surface area contributed by atoms with E-state index in [0.29, 0.717) is 18.2 Å². The van der Waals surface area contributed by atoms with Crippen LogP contribution in [0.2, 0.25) is 0 Å². The van der Waals surface area contributed by atoms with E-state index in [9.17, 15) is 4.79 Å². The van der Waals surface area contributed by atoms with Crippen molar-refractivity contribution in [3.8, 4) is 17.4 Å². The standard InChI is InChI=1S/C26H30N4O3/c1-32-23-8-5-9-24(18-23)33-25-11-10-22(19-27-25)20-28-26(31)30-16-14-29(15-17-30)13-12-21-6-3-2-4-7-21/h2-11,18-19H,12-17,20H2,1H3,(H,28,31). The van der Waals surface area contributed by atoms with Gasteiger partial charge in [0.15, 0.2) is 0 Å². The van der Waals surface area contributed by atoms with Crippen LogP contribution in [0.5, 0.6) is 17.4 Å². The van der Waals surface area contributed by atoms with Crippen LogP contribution in [-0.2, 0) is 13.0 Å². The molecule has 2 amide bonds. The number of nitrogens with one attached hydrogen (secondary N) is 1. The van der Waals surface area contributed by atoms with Crippen molar-refractivity contribution >= 4 is 6.03 Å². The monoisotopic (exact) mass is 446 g/mol. The average Bonchev–Trinajstić information content (AvgIpc) is 2.88. The molecule has 1 saturated heterocycles. The van der Waals surface area contributed by atoms with Crippen molar-refractivity contribution < 1.29 is 14.3 Å². The van der Waals surface area contributed by atoms with Crippen LogP contribution in [0, 0.1) is 0 Å². The molecule has 1 aliphatic heterocycles. The van der Waals surface area contributed by atoms with Crippen LogP contribution in [0.4, 0.5) is 4.79 Å². The number of carbonyl (C=O) groups is 1. The summed E-state index contributed by atoms with van der Waals surface area (Å²) in [6, 6.07) is 21.6. The van der Waals surface area contributed by atoms with Gasteiger partial charge in [-0.2, -0.15) is 0 Å². The summed E-state index contributed by atoms with van der Waals surface area (Å²) in [4.78, 5) is 21.2. The second-order valence-electron chi connectivity index (χ2n) is 8.01. The third kappa shape index (κ3) is 6.70. The Morgan fingerprint density at radius 3 is 2.45 bits per heavy atom. The van der Waals surface area contributed by atoms with Gasteiger partial charge in [0, 0.05) is 57.6 Å². The molecule has 0 aliphatic carbocycles. The van der Waals surface area contributed by atoms with E-state index in [1.165, 1.54) is 5.56 Å². The molecule has 1 fully saturated rings. The van der Waals surface area contributed by atoms with Gasteiger partial charge < -0.3 is 19.7 Å². The molecule has 7 heteroatoms. The number of hydrogen-bond donors (Lipinski definition) is 1. The zero-order chi connectivity index (χ0) is 22.9. The largest absolute Gasteiger partial charge is 0.497 e. The molecule has 1 aromatic heterocycles. The zero-order valence-electron chi connectivity index (χ0n) is 18.9. The summed E-state index contributed by atoms with van der Waals surface area (Å²) in [7, 11) is 1.62. The molecular formula is C26H30N4O3. The third-order valence-electron chi connectivity index (χ3n) is 5.72. The van der Waals surface area contributed by atoms with E-state index < -0.39 is 0 Å². The number of ether oxygens (including phenoxy) is 2. The number of carbonyl (C=O) groups excluding carboxylic acids is 1. The van der Waals surface area contributed by atoms with Crippen LogP contribution in [-0.4, -0.2) is 60.6 Å². The number of piperazine rings is 1. The van der Waals surface area contributed by atoms with Gasteiger partial charge in [-0.25, -0.2) is 9.78 Å². The Morgan fingerprint density at radius 2 is 1.73 bits per heavy atom. The molecule has 3 aromatic rings. The highest BCUT2D eigenvalue weighted by atomic mass is 16.5. The van der Waals surface area contributed by atoms with Gasteiger partial charge in [0.05, 0.1) is 7.11 Å². The van der Waals surface area contributed by atoms with Gasteiger partial charge in [-0.1, -0.05) is 42.5 Å². The fourth-order valence-corrected chi connectivity index (χ4v) is 3.76. The Kier molecular flexibility index (Phi) is 7.76. The summed E-state index contributed by atoms with van der Waals surface area (Å²) >= 11 is 0. The van der Waals surface area contributed by atoms with E-state index in [1.807, 2.05) is 35.2 Å². The van der Waals surface area contributed by atoms with Crippen molar-refractivity contribution in [3.05, 3.63) is 84.1 Å². The van der Waals surface area contributed by atoms with Crippen molar-refractivity contribution in [1.29, 1.82) is 0 Å². The first kappa shape index (κ1) is 22.6. The van der Waals surface area contributed by atoms with Gasteiger partial charge >= 0.3 is 6.03 Å². The molecule has 0 atom stereocenters. The molecule has 33 heavy (non-hydrogen) atoms. The zero-order valence-corrected chi connectivity index (χ0v) is 18.9. The summed E-state index contributed by atoms with van der Waals surface area (Å²) in [6.07, 6.45) is 2.76. The van der Waals surface area contributed by atoms with Gasteiger partial charge in [-0.15, -0.1) is 0 Å². The van der Waals surface area contributed by atoms with Gasteiger partial charge in [-0.05, 0) is 29.7 Å². The molecule has 172 valence electrons. The molecule has 0 saturated carbocycles. The van der Waals surface area contributed by atoms with Crippen molar-refractivity contribution in [2.45, 2.75) is 13.0 Å². The Balaban J connectivity index is 1.18. The molecule has 1 N–H and O–H groups in total. The van der Waals surface area contributed by atoms with Crippen LogP contribution in [0.25, 0.3) is 0 Å². The molecule has 0 unspecified atom stereocenters. The Bertz CT molecular complexity index is 1020. The fraction of sp³-hybridized carbons (Fsp3) is 0.308. The van der Waals surface area contributed by atoms with E-state index in [2.05, 4.69) is 39.5 Å². The lowest BCUT2D eigenvalue weighted by Gasteiger charge is -2.34. The number of pyridine rings is 1. The van der Waals surface area contributed by atoms with Crippen molar-refractivity contribution in [3.63, 3.8) is 0 Å². The van der Waals surface area contributed by atoms with Gasteiger partial charge in [0.1, 0.15) is 11.5 Å². The maximum Gasteiger partial charge on any atom is 0.317 e. The Labute approximate surface area is 195 Å². The summed E-state index contributed by atoms with van der Waals surface area (Å²) in [6.45, 7) is 4.74. The highest BCUT2D eigenvalue weighted by Gasteiger charge is 2.20. The highest BCUT2D eigenvalue weighted by molar-refractivity contribution is 5.74. The number of benzene rings is 2. The highest BCUT2D eigenvalue weighted by Crippen LogP contribution is 2.23. The minimum atomic E-state index is -0.0329. The first-order valence-corrected chi connectivity index (χ1v) is 11.3. The lowest BCUT2D eigenvalue weighted by molar-refractivity contribution is 0.140. The molecule has 2 aromatic carbocycles. The number of aromatic nitrogens is 1. The molecule has 0 radical (unpaired) electrons. The predicted octanol–water partition coefficient (Wildman–Crippen LogP) is 3.95. The smallest absolute Gasteiger partial charge is 0.317 e. The van der Waals surface area contributed by atoms with E-state index in [0.717, 1.165) is 50.5 Å². The van der Waals surface area contributed by atoms with E-state index >= 15 is 0 Å². The molecule has 0 bridgehead atoms. The summed E-state index contributed by atoms with van der Waals surface area (Å²) < 4.78 is 11.0. The minimum absolute atomic E-state index is 0.0329. The molecule has 0 spiro atoms. The summed E-state index contributed by atoms with van der Waals surface area (Å²) in [5, 5.41) is 3.00. The first-order valence-electron chi connectivity index (χ1n) is 11.3. The SMILES string of the molecule is COc1cccc(Oc2ccc(CNC(=O)N3CCN(CCc4ccccc4)CC3)cn2)c1. The van der Waals surface area contributed by atoms with E-state index in [1.54, 1.807) is 25.4 Å². The molecule has 1 aliphatic rings. The normalized spacial score (nSPS) is 14.0. The fourth-order valence-electron chi connectivity index (χ4n) is 3.76. The van der Waals surface area contributed by atoms with Crippen LogP contribution in [0.15, 0.2) is 72.9 Å². The molecule has 4 rings (SSSR count). The van der Waals surface area contributed by atoms with Crippen LogP contribution in [0.1, 0.15) is 11.1 Å². The number of hydrogen-bond acceptors (Lipinski definition) is 5. The number of nitrogens with zero attached hydrogens (tertiary/aromatic N) is 3. The Morgan fingerprint density at radius 1 is 0.939 bits per heavy atom. The minimum Gasteiger partial charge on any atom is -0.497 e. The lowest BCUT2D eigenvalue weighted by atomic mass is 10.1. The second kappa shape index (κ2) is 11.3. The summed E-state index contributed by atoms with van der Waals surface area (Å²) in [5.41, 5.74) is 2.27. The van der Waals surface area contributed by atoms with Gasteiger partial charge in [-0.3, -0.25) is 4.90 Å². The quantitative estimate of drug-likeness (QED) is 0.568. The number of methoxy groups -OCH3 is 1. The molecular weight excluding hydrogens is 416 g/mol. The molecule has 7 nitrogen and oxygen atoms in total. The number of amides is 2. The maximum atomic E-state index is 12.6. The molecule has 2 heterocycles. The first-order chi connectivity index (χ1) is 16.2. The van der Waals surface area contributed by atoms with Crippen molar-refractivity contribution in [2.24, 2.45) is 0 Å². The number of urea groups is 1. The van der Waals surface area contributed by atoms with Crippen molar-refractivity contribution in [1.82, 2.24) is 20.1 Å². The van der Waals surface area contributed by atoms with Crippen LogP contribution < -0.4 is 14.8 Å². The van der Waals surface area contributed by atoms with E-state index in [4.69, 9.17) is 9.47 Å². The summed E-state index contributed by atoms with van der Waals surface area (Å²) in [5.74, 6) is 1.87. The predicted molar refractivity (Wildman–Crippen MR) is 128 cm³/mol.